The van der Waals surface area contributed by atoms with Crippen molar-refractivity contribution in [2.45, 2.75) is 52.5 Å². The van der Waals surface area contributed by atoms with Crippen molar-refractivity contribution in [1.29, 1.82) is 0 Å². The summed E-state index contributed by atoms with van der Waals surface area (Å²) >= 11 is 0. The number of rotatable bonds is 2. The molecule has 0 spiro atoms. The molecule has 2 nitrogen and oxygen atoms in total. The minimum Gasteiger partial charge on any atom is -0.330 e. The average Bonchev–Trinajstić information content (AvgIpc) is 2.33. The Morgan fingerprint density at radius 3 is 2.41 bits per heavy atom. The lowest BCUT2D eigenvalue weighted by Gasteiger charge is -2.44. The number of hydrogen-bond donors (Lipinski definition) is 1. The second-order valence-electron chi connectivity index (χ2n) is 6.68. The molecule has 2 rings (SSSR count). The molecular weight excluding hydrogens is 208 g/mol. The summed E-state index contributed by atoms with van der Waals surface area (Å²) in [6.07, 6.45) is 5.59. The summed E-state index contributed by atoms with van der Waals surface area (Å²) in [6, 6.07) is 0.850. The van der Waals surface area contributed by atoms with Crippen LogP contribution in [0.15, 0.2) is 0 Å². The molecule has 0 amide bonds. The van der Waals surface area contributed by atoms with Crippen LogP contribution in [0.4, 0.5) is 0 Å². The second-order valence-corrected chi connectivity index (χ2v) is 6.68. The first-order valence-corrected chi connectivity index (χ1v) is 7.56. The van der Waals surface area contributed by atoms with Crippen molar-refractivity contribution in [1.82, 2.24) is 4.90 Å². The van der Waals surface area contributed by atoms with Gasteiger partial charge in [-0.2, -0.15) is 0 Å². The van der Waals surface area contributed by atoms with Gasteiger partial charge in [-0.25, -0.2) is 0 Å². The summed E-state index contributed by atoms with van der Waals surface area (Å²) in [5.41, 5.74) is 5.91. The molecule has 1 heterocycles. The van der Waals surface area contributed by atoms with E-state index >= 15 is 0 Å². The maximum absolute atomic E-state index is 5.91. The highest BCUT2D eigenvalue weighted by Crippen LogP contribution is 2.34. The first-order valence-electron chi connectivity index (χ1n) is 7.56. The van der Waals surface area contributed by atoms with Crippen LogP contribution >= 0.6 is 0 Å². The van der Waals surface area contributed by atoms with Crippen molar-refractivity contribution >= 4 is 0 Å². The lowest BCUT2D eigenvalue weighted by Crippen LogP contribution is -2.49. The van der Waals surface area contributed by atoms with E-state index in [1.807, 2.05) is 0 Å². The van der Waals surface area contributed by atoms with Gasteiger partial charge in [0.2, 0.25) is 0 Å². The maximum atomic E-state index is 5.91. The summed E-state index contributed by atoms with van der Waals surface area (Å²) in [5.74, 6) is 3.40. The molecule has 100 valence electrons. The van der Waals surface area contributed by atoms with Gasteiger partial charge in [0, 0.05) is 12.6 Å². The third-order valence-corrected chi connectivity index (χ3v) is 5.54. The van der Waals surface area contributed by atoms with Crippen LogP contribution < -0.4 is 5.73 Å². The predicted octanol–water partition coefficient (Wildman–Crippen LogP) is 2.73. The first kappa shape index (κ1) is 13.4. The van der Waals surface area contributed by atoms with E-state index in [4.69, 9.17) is 5.73 Å². The van der Waals surface area contributed by atoms with Gasteiger partial charge in [-0.1, -0.05) is 20.8 Å². The van der Waals surface area contributed by atoms with E-state index in [9.17, 15) is 0 Å². The molecule has 0 aromatic carbocycles. The molecule has 2 heteroatoms. The van der Waals surface area contributed by atoms with Gasteiger partial charge in [-0.15, -0.1) is 0 Å². The van der Waals surface area contributed by atoms with E-state index in [1.165, 1.54) is 38.8 Å². The lowest BCUT2D eigenvalue weighted by atomic mass is 9.77. The van der Waals surface area contributed by atoms with Crippen LogP contribution in [-0.2, 0) is 0 Å². The Kier molecular flexibility index (Phi) is 4.48. The predicted molar refractivity (Wildman–Crippen MR) is 73.9 cm³/mol. The van der Waals surface area contributed by atoms with Gasteiger partial charge in [-0.3, -0.25) is 0 Å². The fourth-order valence-electron chi connectivity index (χ4n) is 3.67. The van der Waals surface area contributed by atoms with E-state index in [0.717, 1.165) is 36.3 Å². The number of hydrogen-bond acceptors (Lipinski definition) is 2. The summed E-state index contributed by atoms with van der Waals surface area (Å²) < 4.78 is 0. The fraction of sp³-hybridized carbons (Fsp3) is 1.00. The molecule has 0 radical (unpaired) electrons. The highest BCUT2D eigenvalue weighted by Gasteiger charge is 2.33. The van der Waals surface area contributed by atoms with Gasteiger partial charge in [0.25, 0.3) is 0 Å². The van der Waals surface area contributed by atoms with Gasteiger partial charge in [0.05, 0.1) is 0 Å². The smallest absolute Gasteiger partial charge is 0.00981 e. The van der Waals surface area contributed by atoms with Crippen molar-refractivity contribution in [3.05, 3.63) is 0 Å². The van der Waals surface area contributed by atoms with Crippen LogP contribution in [-0.4, -0.2) is 30.6 Å². The normalized spacial score (nSPS) is 44.8. The van der Waals surface area contributed by atoms with Crippen molar-refractivity contribution in [2.24, 2.45) is 29.4 Å². The topological polar surface area (TPSA) is 29.3 Å². The van der Waals surface area contributed by atoms with Crippen LogP contribution in [0.1, 0.15) is 46.5 Å². The lowest BCUT2D eigenvalue weighted by molar-refractivity contribution is 0.0507. The van der Waals surface area contributed by atoms with Crippen molar-refractivity contribution in [3.8, 4) is 0 Å². The largest absolute Gasteiger partial charge is 0.330 e. The molecule has 2 fully saturated rings. The van der Waals surface area contributed by atoms with Gasteiger partial charge >= 0.3 is 0 Å². The van der Waals surface area contributed by atoms with Crippen LogP contribution in [0, 0.1) is 23.7 Å². The summed E-state index contributed by atoms with van der Waals surface area (Å²) in [4.78, 5) is 2.75. The van der Waals surface area contributed by atoms with Crippen LogP contribution in [0.25, 0.3) is 0 Å². The zero-order valence-corrected chi connectivity index (χ0v) is 11.9. The molecule has 17 heavy (non-hydrogen) atoms. The van der Waals surface area contributed by atoms with E-state index < -0.39 is 0 Å². The fourth-order valence-corrected chi connectivity index (χ4v) is 3.67. The van der Waals surface area contributed by atoms with Crippen LogP contribution in [0.5, 0.6) is 0 Å². The molecule has 2 aliphatic rings. The summed E-state index contributed by atoms with van der Waals surface area (Å²) in [7, 11) is 0. The number of nitrogens with two attached hydrogens (primary N) is 1. The van der Waals surface area contributed by atoms with Crippen LogP contribution in [0.2, 0.25) is 0 Å². The minimum atomic E-state index is 0.735. The molecular formula is C15H30N2. The van der Waals surface area contributed by atoms with E-state index in [0.29, 0.717) is 0 Å². The van der Waals surface area contributed by atoms with Gasteiger partial charge < -0.3 is 10.6 Å². The second kappa shape index (κ2) is 5.71. The van der Waals surface area contributed by atoms with E-state index in [-0.39, 0.29) is 0 Å². The SMILES string of the molecule is CC1CCC(N2CCC(C)C(CN)C2)CC1C. The molecule has 0 bridgehead atoms. The Bertz CT molecular complexity index is 241. The van der Waals surface area contributed by atoms with Gasteiger partial charge in [0.15, 0.2) is 0 Å². The zero-order chi connectivity index (χ0) is 12.4. The third-order valence-electron chi connectivity index (χ3n) is 5.54. The Hall–Kier alpha value is -0.0800. The number of likely N-dealkylation sites (tertiary alicyclic amines) is 1. The van der Waals surface area contributed by atoms with Crippen molar-refractivity contribution in [2.75, 3.05) is 19.6 Å². The monoisotopic (exact) mass is 238 g/mol. The maximum Gasteiger partial charge on any atom is 0.00981 e. The summed E-state index contributed by atoms with van der Waals surface area (Å²) in [5, 5.41) is 0. The molecule has 0 aromatic rings. The molecule has 1 saturated heterocycles. The number of nitrogens with zero attached hydrogens (tertiary/aromatic N) is 1. The van der Waals surface area contributed by atoms with Gasteiger partial charge in [0.1, 0.15) is 0 Å². The Morgan fingerprint density at radius 2 is 1.76 bits per heavy atom. The molecule has 1 aliphatic carbocycles. The standard InChI is InChI=1S/C15H30N2/c1-11-4-5-15(8-13(11)3)17-7-6-12(2)14(9-16)10-17/h11-15H,4-10,16H2,1-3H3. The van der Waals surface area contributed by atoms with Gasteiger partial charge in [-0.05, 0) is 62.4 Å². The Balaban J connectivity index is 1.90. The average molecular weight is 238 g/mol. The Morgan fingerprint density at radius 1 is 1.00 bits per heavy atom. The van der Waals surface area contributed by atoms with Crippen molar-refractivity contribution < 1.29 is 0 Å². The quantitative estimate of drug-likeness (QED) is 0.801. The Labute approximate surface area is 107 Å². The molecule has 5 atom stereocenters. The highest BCUT2D eigenvalue weighted by atomic mass is 15.2. The molecule has 5 unspecified atom stereocenters. The van der Waals surface area contributed by atoms with Crippen molar-refractivity contribution in [3.63, 3.8) is 0 Å². The minimum absolute atomic E-state index is 0.735. The van der Waals surface area contributed by atoms with Crippen LogP contribution in [0.3, 0.4) is 0 Å². The summed E-state index contributed by atoms with van der Waals surface area (Å²) in [6.45, 7) is 10.7. The molecule has 0 aromatic heterocycles. The van der Waals surface area contributed by atoms with E-state index in [1.54, 1.807) is 0 Å². The molecule has 1 aliphatic heterocycles. The molecule has 2 N–H and O–H groups in total. The zero-order valence-electron chi connectivity index (χ0n) is 11.9. The highest BCUT2D eigenvalue weighted by molar-refractivity contribution is 4.87. The first-order chi connectivity index (χ1) is 8.11. The van der Waals surface area contributed by atoms with E-state index in [2.05, 4.69) is 25.7 Å². The number of piperidine rings is 1. The molecule has 1 saturated carbocycles. The third kappa shape index (κ3) is 3.03.